The second kappa shape index (κ2) is 7.13. The van der Waals surface area contributed by atoms with Gasteiger partial charge in [0.05, 0.1) is 0 Å². The second-order valence-electron chi connectivity index (χ2n) is 3.11. The van der Waals surface area contributed by atoms with Gasteiger partial charge in [0, 0.05) is 12.8 Å². The van der Waals surface area contributed by atoms with Gasteiger partial charge in [-0.1, -0.05) is 30.9 Å². The smallest absolute Gasteiger partial charge is 0.302 e. The molecule has 14 heavy (non-hydrogen) atoms. The number of rotatable bonds is 6. The highest BCUT2D eigenvalue weighted by molar-refractivity contribution is 5.66. The van der Waals surface area contributed by atoms with Crippen LogP contribution in [0.15, 0.2) is 37.5 Å². The molecule has 0 heterocycles. The highest BCUT2D eigenvalue weighted by atomic mass is 16.5. The first kappa shape index (κ1) is 12.7. The van der Waals surface area contributed by atoms with Crippen LogP contribution in [-0.2, 0) is 9.53 Å². The summed E-state index contributed by atoms with van der Waals surface area (Å²) >= 11 is 0. The summed E-state index contributed by atoms with van der Waals surface area (Å²) in [5, 5.41) is 0. The summed E-state index contributed by atoms with van der Waals surface area (Å²) < 4.78 is 5.06. The van der Waals surface area contributed by atoms with Crippen molar-refractivity contribution < 1.29 is 9.53 Å². The predicted octanol–water partition coefficient (Wildman–Crippen LogP) is 2.87. The molecule has 2 nitrogen and oxygen atoms in total. The molecule has 0 aromatic carbocycles. The lowest BCUT2D eigenvalue weighted by Crippen LogP contribution is -2.20. The van der Waals surface area contributed by atoms with Gasteiger partial charge in [-0.05, 0) is 13.3 Å². The third kappa shape index (κ3) is 5.36. The van der Waals surface area contributed by atoms with Crippen molar-refractivity contribution >= 4 is 5.97 Å². The molecule has 2 atom stereocenters. The molecule has 2 heteroatoms. The molecule has 0 saturated heterocycles. The summed E-state index contributed by atoms with van der Waals surface area (Å²) in [6.07, 6.45) is 8.07. The molecule has 0 amide bonds. The number of carbonyl (C=O) groups is 1. The fraction of sp³-hybridized carbons (Fsp3) is 0.417. The molecule has 0 aromatic heterocycles. The molecule has 0 radical (unpaired) electrons. The molecule has 0 aliphatic rings. The van der Waals surface area contributed by atoms with Crippen molar-refractivity contribution in [1.29, 1.82) is 0 Å². The summed E-state index contributed by atoms with van der Waals surface area (Å²) in [6.45, 7) is 10.6. The van der Waals surface area contributed by atoms with Gasteiger partial charge in [-0.2, -0.15) is 0 Å². The molecule has 0 aromatic rings. The molecule has 0 N–H and O–H groups in total. The van der Waals surface area contributed by atoms with E-state index in [1.165, 1.54) is 6.92 Å². The van der Waals surface area contributed by atoms with Gasteiger partial charge >= 0.3 is 5.97 Å². The average molecular weight is 194 g/mol. The van der Waals surface area contributed by atoms with E-state index in [1.54, 1.807) is 12.2 Å². The summed E-state index contributed by atoms with van der Waals surface area (Å²) in [4.78, 5) is 10.7. The first-order chi connectivity index (χ1) is 6.61. The van der Waals surface area contributed by atoms with Crippen molar-refractivity contribution in [2.24, 2.45) is 5.92 Å². The number of esters is 1. The maximum Gasteiger partial charge on any atom is 0.302 e. The van der Waals surface area contributed by atoms with Gasteiger partial charge in [0.1, 0.15) is 6.10 Å². The van der Waals surface area contributed by atoms with E-state index >= 15 is 0 Å². The number of allylic oxidation sites excluding steroid dienone is 3. The Labute approximate surface area is 86.0 Å². The summed E-state index contributed by atoms with van der Waals surface area (Å²) in [5.41, 5.74) is 0. The third-order valence-electron chi connectivity index (χ3n) is 1.94. The van der Waals surface area contributed by atoms with Crippen molar-refractivity contribution in [1.82, 2.24) is 0 Å². The quantitative estimate of drug-likeness (QED) is 0.369. The number of carbonyl (C=O) groups excluding carboxylic acids is 1. The maximum atomic E-state index is 10.7. The molecule has 0 aliphatic carbocycles. The van der Waals surface area contributed by atoms with E-state index in [0.29, 0.717) is 0 Å². The van der Waals surface area contributed by atoms with E-state index in [2.05, 4.69) is 13.2 Å². The minimum absolute atomic E-state index is 0.125. The maximum absolute atomic E-state index is 10.7. The standard InChI is InChI=1S/C12H18O2/c1-5-7-8-9-12(6-2)10(3)14-11(4)13/h5-8,10,12H,1-2,9H2,3-4H3/b8-7+. The zero-order valence-corrected chi connectivity index (χ0v) is 8.90. The molecule has 0 spiro atoms. The van der Waals surface area contributed by atoms with E-state index in [-0.39, 0.29) is 18.0 Å². The number of hydrogen-bond donors (Lipinski definition) is 0. The SMILES string of the molecule is C=C/C=C/CC(C=C)C(C)OC(C)=O. The molecule has 0 fully saturated rings. The van der Waals surface area contributed by atoms with Crippen molar-refractivity contribution in [3.05, 3.63) is 37.5 Å². The van der Waals surface area contributed by atoms with Crippen molar-refractivity contribution in [2.75, 3.05) is 0 Å². The Morgan fingerprint density at radius 3 is 2.57 bits per heavy atom. The van der Waals surface area contributed by atoms with Crippen LogP contribution in [-0.4, -0.2) is 12.1 Å². The van der Waals surface area contributed by atoms with E-state index < -0.39 is 0 Å². The Morgan fingerprint density at radius 1 is 1.50 bits per heavy atom. The molecular weight excluding hydrogens is 176 g/mol. The molecule has 0 aliphatic heterocycles. The van der Waals surface area contributed by atoms with Gasteiger partial charge in [0.2, 0.25) is 0 Å². The molecule has 0 bridgehead atoms. The lowest BCUT2D eigenvalue weighted by molar-refractivity contribution is -0.147. The van der Waals surface area contributed by atoms with Crippen LogP contribution in [0.5, 0.6) is 0 Å². The van der Waals surface area contributed by atoms with Crippen molar-refractivity contribution in [3.63, 3.8) is 0 Å². The van der Waals surface area contributed by atoms with Gasteiger partial charge < -0.3 is 4.74 Å². The van der Waals surface area contributed by atoms with Gasteiger partial charge in [-0.25, -0.2) is 0 Å². The Balaban J connectivity index is 4.10. The summed E-state index contributed by atoms with van der Waals surface area (Å²) in [5.74, 6) is -0.0906. The van der Waals surface area contributed by atoms with E-state index in [0.717, 1.165) is 6.42 Å². The van der Waals surface area contributed by atoms with Crippen LogP contribution in [0.25, 0.3) is 0 Å². The minimum Gasteiger partial charge on any atom is -0.462 e. The zero-order valence-electron chi connectivity index (χ0n) is 8.90. The lowest BCUT2D eigenvalue weighted by atomic mass is 9.99. The fourth-order valence-electron chi connectivity index (χ4n) is 1.16. The predicted molar refractivity (Wildman–Crippen MR) is 58.9 cm³/mol. The number of hydrogen-bond acceptors (Lipinski definition) is 2. The average Bonchev–Trinajstić information content (AvgIpc) is 2.11. The Bertz CT molecular complexity index is 228. The van der Waals surface area contributed by atoms with Crippen LogP contribution in [0.2, 0.25) is 0 Å². The highest BCUT2D eigenvalue weighted by Crippen LogP contribution is 2.14. The largest absolute Gasteiger partial charge is 0.462 e. The minimum atomic E-state index is -0.253. The topological polar surface area (TPSA) is 26.3 Å². The van der Waals surface area contributed by atoms with Crippen LogP contribution in [0.3, 0.4) is 0 Å². The Hall–Kier alpha value is -1.31. The highest BCUT2D eigenvalue weighted by Gasteiger charge is 2.14. The van der Waals surface area contributed by atoms with Crippen LogP contribution in [0.1, 0.15) is 20.3 Å². The van der Waals surface area contributed by atoms with Crippen LogP contribution in [0, 0.1) is 5.92 Å². The van der Waals surface area contributed by atoms with E-state index in [4.69, 9.17) is 4.74 Å². The molecule has 78 valence electrons. The normalized spacial score (nSPS) is 14.7. The first-order valence-corrected chi connectivity index (χ1v) is 4.69. The third-order valence-corrected chi connectivity index (χ3v) is 1.94. The molecule has 2 unspecified atom stereocenters. The molecule has 0 rings (SSSR count). The molecular formula is C12H18O2. The molecule has 0 saturated carbocycles. The van der Waals surface area contributed by atoms with Gasteiger partial charge in [-0.3, -0.25) is 4.79 Å². The summed E-state index contributed by atoms with van der Waals surface area (Å²) in [6, 6.07) is 0. The zero-order chi connectivity index (χ0) is 11.0. The van der Waals surface area contributed by atoms with Gasteiger partial charge in [-0.15, -0.1) is 6.58 Å². The van der Waals surface area contributed by atoms with Gasteiger partial charge in [0.15, 0.2) is 0 Å². The van der Waals surface area contributed by atoms with Crippen LogP contribution < -0.4 is 0 Å². The fourth-order valence-corrected chi connectivity index (χ4v) is 1.16. The lowest BCUT2D eigenvalue weighted by Gasteiger charge is -2.18. The van der Waals surface area contributed by atoms with E-state index in [1.807, 2.05) is 19.1 Å². The van der Waals surface area contributed by atoms with Crippen molar-refractivity contribution in [2.45, 2.75) is 26.4 Å². The van der Waals surface area contributed by atoms with Gasteiger partial charge in [0.25, 0.3) is 0 Å². The van der Waals surface area contributed by atoms with Crippen LogP contribution in [0.4, 0.5) is 0 Å². The Kier molecular flexibility index (Phi) is 6.46. The second-order valence-corrected chi connectivity index (χ2v) is 3.11. The monoisotopic (exact) mass is 194 g/mol. The van der Waals surface area contributed by atoms with Crippen LogP contribution >= 0.6 is 0 Å². The Morgan fingerprint density at radius 2 is 2.14 bits per heavy atom. The van der Waals surface area contributed by atoms with Crippen molar-refractivity contribution in [3.8, 4) is 0 Å². The first-order valence-electron chi connectivity index (χ1n) is 4.69. The summed E-state index contributed by atoms with van der Waals surface area (Å²) in [7, 11) is 0. The number of ether oxygens (including phenoxy) is 1. The van der Waals surface area contributed by atoms with E-state index in [9.17, 15) is 4.79 Å².